The van der Waals surface area contributed by atoms with Crippen LogP contribution in [0.4, 0.5) is 0 Å². The number of aliphatic hydroxyl groups excluding tert-OH is 1. The highest BCUT2D eigenvalue weighted by Crippen LogP contribution is 2.01. The lowest BCUT2D eigenvalue weighted by atomic mass is 10.2. The molecule has 0 spiro atoms. The topological polar surface area (TPSA) is 75.6 Å². The van der Waals surface area contributed by atoms with Crippen molar-refractivity contribution in [3.8, 4) is 0 Å². The van der Waals surface area contributed by atoms with Crippen molar-refractivity contribution in [1.29, 1.82) is 0 Å². The molecule has 0 fully saturated rings. The first-order valence-electron chi connectivity index (χ1n) is 5.01. The summed E-state index contributed by atoms with van der Waals surface area (Å²) in [6, 6.07) is 0. The first-order valence-corrected chi connectivity index (χ1v) is 6.67. The van der Waals surface area contributed by atoms with E-state index in [1.54, 1.807) is 0 Å². The lowest BCUT2D eigenvalue weighted by molar-refractivity contribution is 0.0679. The lowest BCUT2D eigenvalue weighted by Gasteiger charge is -2.11. The molecule has 0 aromatic rings. The Labute approximate surface area is 91.9 Å². The van der Waals surface area contributed by atoms with E-state index in [0.717, 1.165) is 0 Å². The van der Waals surface area contributed by atoms with E-state index in [1.807, 2.05) is 13.8 Å². The van der Waals surface area contributed by atoms with Crippen LogP contribution in [0.25, 0.3) is 0 Å². The first kappa shape index (κ1) is 14.8. The predicted molar refractivity (Wildman–Crippen MR) is 59.1 cm³/mol. The molecule has 2 N–H and O–H groups in total. The average Bonchev–Trinajstić information content (AvgIpc) is 2.13. The Morgan fingerprint density at radius 2 is 2.00 bits per heavy atom. The van der Waals surface area contributed by atoms with Gasteiger partial charge in [-0.15, -0.1) is 0 Å². The minimum Gasteiger partial charge on any atom is -0.389 e. The maximum absolute atomic E-state index is 11.4. The van der Waals surface area contributed by atoms with E-state index in [-0.39, 0.29) is 18.9 Å². The predicted octanol–water partition coefficient (Wildman–Crippen LogP) is -0.0408. The van der Waals surface area contributed by atoms with Gasteiger partial charge in [-0.2, -0.15) is 0 Å². The van der Waals surface area contributed by atoms with E-state index in [0.29, 0.717) is 12.3 Å². The van der Waals surface area contributed by atoms with Crippen LogP contribution in [0.5, 0.6) is 0 Å². The minimum absolute atomic E-state index is 0.00820. The van der Waals surface area contributed by atoms with Gasteiger partial charge in [-0.1, -0.05) is 13.8 Å². The largest absolute Gasteiger partial charge is 0.389 e. The van der Waals surface area contributed by atoms with E-state index < -0.39 is 16.1 Å². The van der Waals surface area contributed by atoms with E-state index >= 15 is 0 Å². The van der Waals surface area contributed by atoms with Crippen molar-refractivity contribution in [2.24, 2.45) is 5.92 Å². The molecule has 0 aliphatic carbocycles. The Morgan fingerprint density at radius 3 is 2.47 bits per heavy atom. The summed E-state index contributed by atoms with van der Waals surface area (Å²) in [6.07, 6.45) is -0.167. The van der Waals surface area contributed by atoms with E-state index in [2.05, 4.69) is 9.46 Å². The van der Waals surface area contributed by atoms with Crippen LogP contribution in [0.2, 0.25) is 0 Å². The third kappa shape index (κ3) is 8.80. The van der Waals surface area contributed by atoms with Crippen LogP contribution >= 0.6 is 0 Å². The molecule has 0 saturated carbocycles. The molecular weight excluding hydrogens is 218 g/mol. The van der Waals surface area contributed by atoms with Gasteiger partial charge in [0.05, 0.1) is 18.5 Å². The normalized spacial score (nSPS) is 14.5. The van der Waals surface area contributed by atoms with Gasteiger partial charge in [0.1, 0.15) is 0 Å². The smallest absolute Gasteiger partial charge is 0.211 e. The van der Waals surface area contributed by atoms with Gasteiger partial charge < -0.3 is 9.84 Å². The van der Waals surface area contributed by atoms with Crippen molar-refractivity contribution >= 4 is 10.0 Å². The second-order valence-corrected chi connectivity index (χ2v) is 5.89. The average molecular weight is 239 g/mol. The number of aliphatic hydroxyl groups is 1. The highest BCUT2D eigenvalue weighted by atomic mass is 32.2. The molecule has 0 rings (SSSR count). The number of rotatable bonds is 8. The summed E-state index contributed by atoms with van der Waals surface area (Å²) in [5.74, 6) is 0.454. The Bertz CT molecular complexity index is 251. The van der Waals surface area contributed by atoms with Crippen LogP contribution in [0, 0.1) is 5.92 Å². The highest BCUT2D eigenvalue weighted by Gasteiger charge is 2.13. The molecule has 0 amide bonds. The van der Waals surface area contributed by atoms with E-state index in [1.165, 1.54) is 7.11 Å². The quantitative estimate of drug-likeness (QED) is 0.623. The van der Waals surface area contributed by atoms with Gasteiger partial charge in [0.15, 0.2) is 0 Å². The summed E-state index contributed by atoms with van der Waals surface area (Å²) in [4.78, 5) is 0. The summed E-state index contributed by atoms with van der Waals surface area (Å²) in [5, 5.41) is 9.24. The van der Waals surface area contributed by atoms with E-state index in [4.69, 9.17) is 0 Å². The second-order valence-electron chi connectivity index (χ2n) is 3.96. The number of hydrogen-bond donors (Lipinski definition) is 2. The molecule has 92 valence electrons. The lowest BCUT2D eigenvalue weighted by Crippen LogP contribution is -2.35. The standard InChI is InChI=1S/C9H21NO4S/c1-8(2)4-5-15(12,13)10-6-9(11)7-14-3/h8-11H,4-7H2,1-3H3. The maximum atomic E-state index is 11.4. The third-order valence-corrected chi connectivity index (χ3v) is 3.24. The van der Waals surface area contributed by atoms with Gasteiger partial charge in [0.25, 0.3) is 0 Å². The fourth-order valence-corrected chi connectivity index (χ4v) is 2.31. The highest BCUT2D eigenvalue weighted by molar-refractivity contribution is 7.89. The van der Waals surface area contributed by atoms with Crippen molar-refractivity contribution in [3.05, 3.63) is 0 Å². The summed E-state index contributed by atoms with van der Waals surface area (Å²) < 4.78 is 29.8. The summed E-state index contributed by atoms with van der Waals surface area (Å²) in [6.45, 7) is 4.07. The van der Waals surface area contributed by atoms with Gasteiger partial charge in [-0.25, -0.2) is 13.1 Å². The fourth-order valence-electron chi connectivity index (χ4n) is 0.937. The van der Waals surface area contributed by atoms with Crippen LogP contribution in [-0.2, 0) is 14.8 Å². The first-order chi connectivity index (χ1) is 6.87. The van der Waals surface area contributed by atoms with Crippen molar-refractivity contribution in [2.75, 3.05) is 26.0 Å². The zero-order valence-electron chi connectivity index (χ0n) is 9.56. The van der Waals surface area contributed by atoms with Crippen LogP contribution in [-0.4, -0.2) is 45.6 Å². The van der Waals surface area contributed by atoms with Crippen LogP contribution in [0.15, 0.2) is 0 Å². The van der Waals surface area contributed by atoms with Gasteiger partial charge in [-0.05, 0) is 12.3 Å². The molecule has 5 nitrogen and oxygen atoms in total. The van der Waals surface area contributed by atoms with Gasteiger partial charge >= 0.3 is 0 Å². The summed E-state index contributed by atoms with van der Waals surface area (Å²) in [5.41, 5.74) is 0. The Hall–Kier alpha value is -0.170. The Kier molecular flexibility index (Phi) is 7.08. The molecule has 0 aromatic heterocycles. The van der Waals surface area contributed by atoms with Crippen LogP contribution in [0.3, 0.4) is 0 Å². The van der Waals surface area contributed by atoms with Gasteiger partial charge in [-0.3, -0.25) is 0 Å². The molecule has 0 bridgehead atoms. The molecule has 0 aliphatic heterocycles. The van der Waals surface area contributed by atoms with Crippen LogP contribution < -0.4 is 4.72 Å². The molecule has 0 aromatic carbocycles. The maximum Gasteiger partial charge on any atom is 0.211 e. The summed E-state index contributed by atoms with van der Waals surface area (Å²) in [7, 11) is -1.80. The van der Waals surface area contributed by atoms with Crippen molar-refractivity contribution in [2.45, 2.75) is 26.4 Å². The molecule has 0 aliphatic rings. The number of hydrogen-bond acceptors (Lipinski definition) is 4. The zero-order valence-corrected chi connectivity index (χ0v) is 10.4. The van der Waals surface area contributed by atoms with Crippen molar-refractivity contribution in [1.82, 2.24) is 4.72 Å². The number of nitrogens with one attached hydrogen (secondary N) is 1. The molecule has 1 unspecified atom stereocenters. The van der Waals surface area contributed by atoms with Crippen molar-refractivity contribution in [3.63, 3.8) is 0 Å². The Morgan fingerprint density at radius 1 is 1.40 bits per heavy atom. The molecule has 0 saturated heterocycles. The monoisotopic (exact) mass is 239 g/mol. The summed E-state index contributed by atoms with van der Waals surface area (Å²) >= 11 is 0. The van der Waals surface area contributed by atoms with Crippen molar-refractivity contribution < 1.29 is 18.3 Å². The number of methoxy groups -OCH3 is 1. The van der Waals surface area contributed by atoms with Crippen LogP contribution in [0.1, 0.15) is 20.3 Å². The SMILES string of the molecule is COCC(O)CNS(=O)(=O)CCC(C)C. The van der Waals surface area contributed by atoms with E-state index in [9.17, 15) is 13.5 Å². The molecule has 15 heavy (non-hydrogen) atoms. The van der Waals surface area contributed by atoms with Gasteiger partial charge in [0.2, 0.25) is 10.0 Å². The zero-order chi connectivity index (χ0) is 11.9. The Balaban J connectivity index is 3.83. The second kappa shape index (κ2) is 7.16. The molecular formula is C9H21NO4S. The number of ether oxygens (including phenoxy) is 1. The molecule has 6 heteroatoms. The fraction of sp³-hybridized carbons (Fsp3) is 1.00. The molecule has 0 radical (unpaired) electrons. The molecule has 0 heterocycles. The number of sulfonamides is 1. The minimum atomic E-state index is -3.26. The third-order valence-electron chi connectivity index (χ3n) is 1.86. The molecule has 1 atom stereocenters. The van der Waals surface area contributed by atoms with Gasteiger partial charge in [0, 0.05) is 13.7 Å².